The summed E-state index contributed by atoms with van der Waals surface area (Å²) in [6, 6.07) is 0. The highest BCUT2D eigenvalue weighted by Gasteiger charge is 2.03. The Bertz CT molecular complexity index is 466. The van der Waals surface area contributed by atoms with E-state index in [9.17, 15) is 9.59 Å². The third-order valence-electron chi connectivity index (χ3n) is 1.84. The van der Waals surface area contributed by atoms with E-state index < -0.39 is 5.69 Å². The number of allylic oxidation sites excluding steroid dienone is 2. The number of rotatable bonds is 2. The van der Waals surface area contributed by atoms with E-state index in [1.165, 1.54) is 0 Å². The number of aromatic amines is 2. The Morgan fingerprint density at radius 3 is 2.57 bits per heavy atom. The number of hydrogen-bond acceptors (Lipinski definition) is 2. The predicted octanol–water partition coefficient (Wildman–Crippen LogP) is 1.06. The molecule has 1 heterocycles. The summed E-state index contributed by atoms with van der Waals surface area (Å²) >= 11 is 5.64. The molecule has 5 heteroatoms. The second kappa shape index (κ2) is 4.28. The summed E-state index contributed by atoms with van der Waals surface area (Å²) < 4.78 is 0. The fraction of sp³-hybridized carbons (Fsp3) is 0.333. The smallest absolute Gasteiger partial charge is 0.311 e. The summed E-state index contributed by atoms with van der Waals surface area (Å²) in [7, 11) is 0. The van der Waals surface area contributed by atoms with Crippen molar-refractivity contribution in [1.82, 2.24) is 9.97 Å². The number of halogens is 1. The van der Waals surface area contributed by atoms with Crippen LogP contribution in [0.25, 0.3) is 0 Å². The molecule has 1 rings (SSSR count). The van der Waals surface area contributed by atoms with Gasteiger partial charge in [0.25, 0.3) is 5.56 Å². The maximum absolute atomic E-state index is 11.3. The average Bonchev–Trinajstić information content (AvgIpc) is 2.01. The van der Waals surface area contributed by atoms with E-state index in [0.717, 1.165) is 0 Å². The van der Waals surface area contributed by atoms with E-state index in [0.29, 0.717) is 22.7 Å². The quantitative estimate of drug-likeness (QED) is 0.773. The average molecular weight is 215 g/mol. The van der Waals surface area contributed by atoms with Crippen molar-refractivity contribution in [2.24, 2.45) is 0 Å². The molecule has 14 heavy (non-hydrogen) atoms. The Kier molecular flexibility index (Phi) is 3.30. The lowest BCUT2D eigenvalue weighted by molar-refractivity contribution is 0.941. The molecule has 1 aromatic rings. The molecule has 0 saturated carbocycles. The molecule has 0 radical (unpaired) electrons. The fourth-order valence-corrected chi connectivity index (χ4v) is 1.19. The summed E-state index contributed by atoms with van der Waals surface area (Å²) in [6.07, 6.45) is 2.14. The molecule has 0 unspecified atom stereocenters. The van der Waals surface area contributed by atoms with Gasteiger partial charge in [-0.1, -0.05) is 17.7 Å². The molecule has 0 aliphatic heterocycles. The van der Waals surface area contributed by atoms with Gasteiger partial charge in [0.15, 0.2) is 0 Å². The van der Waals surface area contributed by atoms with Crippen molar-refractivity contribution in [3.05, 3.63) is 43.2 Å². The molecule has 76 valence electrons. The van der Waals surface area contributed by atoms with Crippen LogP contribution in [0.3, 0.4) is 0 Å². The molecule has 0 saturated heterocycles. The van der Waals surface area contributed by atoms with Gasteiger partial charge < -0.3 is 4.98 Å². The first-order valence-electron chi connectivity index (χ1n) is 4.15. The van der Waals surface area contributed by atoms with Crippen molar-refractivity contribution >= 4 is 11.6 Å². The van der Waals surface area contributed by atoms with Gasteiger partial charge in [0.1, 0.15) is 0 Å². The van der Waals surface area contributed by atoms with E-state index in [1.54, 1.807) is 19.9 Å². The molecule has 0 amide bonds. The van der Waals surface area contributed by atoms with Gasteiger partial charge in [-0.25, -0.2) is 4.79 Å². The van der Waals surface area contributed by atoms with E-state index in [2.05, 4.69) is 9.97 Å². The molecule has 2 N–H and O–H groups in total. The minimum Gasteiger partial charge on any atom is -0.311 e. The van der Waals surface area contributed by atoms with Crippen LogP contribution in [0, 0.1) is 6.92 Å². The van der Waals surface area contributed by atoms with Crippen molar-refractivity contribution in [2.45, 2.75) is 20.3 Å². The number of aromatic nitrogens is 2. The molecule has 0 aliphatic rings. The lowest BCUT2D eigenvalue weighted by atomic mass is 10.1. The van der Waals surface area contributed by atoms with Crippen LogP contribution >= 0.6 is 11.6 Å². The maximum atomic E-state index is 11.3. The summed E-state index contributed by atoms with van der Waals surface area (Å²) in [5.41, 5.74) is 0.265. The normalized spacial score (nSPS) is 11.8. The topological polar surface area (TPSA) is 65.7 Å². The highest BCUT2D eigenvalue weighted by atomic mass is 35.5. The van der Waals surface area contributed by atoms with Crippen LogP contribution in [0.15, 0.2) is 20.7 Å². The van der Waals surface area contributed by atoms with Crippen molar-refractivity contribution in [3.8, 4) is 0 Å². The fourth-order valence-electron chi connectivity index (χ4n) is 1.11. The molecular formula is C9H11ClN2O2. The Labute approximate surface area is 85.6 Å². The molecule has 0 fully saturated rings. The van der Waals surface area contributed by atoms with Crippen LogP contribution < -0.4 is 11.2 Å². The number of hydrogen-bond donors (Lipinski definition) is 2. The Balaban J connectivity index is 3.16. The van der Waals surface area contributed by atoms with E-state index in [4.69, 9.17) is 11.6 Å². The van der Waals surface area contributed by atoms with E-state index >= 15 is 0 Å². The van der Waals surface area contributed by atoms with Gasteiger partial charge in [-0.15, -0.1) is 0 Å². The van der Waals surface area contributed by atoms with Gasteiger partial charge in [-0.2, -0.15) is 0 Å². The Hall–Kier alpha value is -1.29. The van der Waals surface area contributed by atoms with Gasteiger partial charge in [-0.3, -0.25) is 9.78 Å². The maximum Gasteiger partial charge on any atom is 0.325 e. The number of aryl methyl sites for hydroxylation is 1. The summed E-state index contributed by atoms with van der Waals surface area (Å²) in [5, 5.41) is 0.620. The van der Waals surface area contributed by atoms with Crippen LogP contribution in [0.4, 0.5) is 0 Å². The minimum absolute atomic E-state index is 0.361. The highest BCUT2D eigenvalue weighted by molar-refractivity contribution is 6.29. The third-order valence-corrected chi connectivity index (χ3v) is 2.00. The van der Waals surface area contributed by atoms with Crippen molar-refractivity contribution in [3.63, 3.8) is 0 Å². The van der Waals surface area contributed by atoms with Gasteiger partial charge >= 0.3 is 5.69 Å². The molecule has 4 nitrogen and oxygen atoms in total. The van der Waals surface area contributed by atoms with Gasteiger partial charge in [0.2, 0.25) is 0 Å². The number of nitrogens with one attached hydrogen (secondary N) is 2. The first kappa shape index (κ1) is 10.8. The first-order chi connectivity index (χ1) is 6.50. The Morgan fingerprint density at radius 2 is 2.07 bits per heavy atom. The van der Waals surface area contributed by atoms with Crippen LogP contribution in [0.2, 0.25) is 0 Å². The predicted molar refractivity (Wildman–Crippen MR) is 55.7 cm³/mol. The van der Waals surface area contributed by atoms with Gasteiger partial charge in [-0.05, 0) is 20.3 Å². The Morgan fingerprint density at radius 1 is 1.43 bits per heavy atom. The van der Waals surface area contributed by atoms with Gasteiger partial charge in [0, 0.05) is 16.3 Å². The molecule has 1 aromatic heterocycles. The largest absolute Gasteiger partial charge is 0.325 e. The molecule has 0 atom stereocenters. The zero-order valence-corrected chi connectivity index (χ0v) is 8.73. The molecule has 0 bridgehead atoms. The lowest BCUT2D eigenvalue weighted by Gasteiger charge is -1.99. The summed E-state index contributed by atoms with van der Waals surface area (Å²) in [4.78, 5) is 26.9. The van der Waals surface area contributed by atoms with Crippen LogP contribution in [-0.2, 0) is 6.42 Å². The standard InChI is InChI=1S/C9H11ClN2O2/c1-5(10)3-4-7-6(2)11-9(14)12-8(7)13/h3H,4H2,1-2H3,(H2,11,12,13,14)/b5-3-. The lowest BCUT2D eigenvalue weighted by Crippen LogP contribution is -2.26. The van der Waals surface area contributed by atoms with E-state index in [-0.39, 0.29) is 5.56 Å². The van der Waals surface area contributed by atoms with E-state index in [1.807, 2.05) is 0 Å². The SMILES string of the molecule is C/C(Cl)=C/Cc1c(C)[nH]c(=O)[nH]c1=O. The monoisotopic (exact) mass is 214 g/mol. The molecular weight excluding hydrogens is 204 g/mol. The highest BCUT2D eigenvalue weighted by Crippen LogP contribution is 2.03. The second-order valence-corrected chi connectivity index (χ2v) is 3.60. The van der Waals surface area contributed by atoms with Crippen LogP contribution in [0.5, 0.6) is 0 Å². The van der Waals surface area contributed by atoms with Gasteiger partial charge in [0.05, 0.1) is 0 Å². The molecule has 0 aliphatic carbocycles. The first-order valence-corrected chi connectivity index (χ1v) is 4.53. The van der Waals surface area contributed by atoms with Crippen molar-refractivity contribution < 1.29 is 0 Å². The summed E-state index contributed by atoms with van der Waals surface area (Å²) in [6.45, 7) is 3.42. The zero-order chi connectivity index (χ0) is 10.7. The second-order valence-electron chi connectivity index (χ2n) is 3.01. The van der Waals surface area contributed by atoms with Crippen LogP contribution in [-0.4, -0.2) is 9.97 Å². The molecule has 0 aromatic carbocycles. The minimum atomic E-state index is -0.483. The van der Waals surface area contributed by atoms with Crippen LogP contribution in [0.1, 0.15) is 18.2 Å². The van der Waals surface area contributed by atoms with Crippen molar-refractivity contribution in [2.75, 3.05) is 0 Å². The molecule has 0 spiro atoms. The summed E-state index contributed by atoms with van der Waals surface area (Å²) in [5.74, 6) is 0. The number of H-pyrrole nitrogens is 2. The third kappa shape index (κ3) is 2.60. The van der Waals surface area contributed by atoms with Crippen molar-refractivity contribution in [1.29, 1.82) is 0 Å². The zero-order valence-electron chi connectivity index (χ0n) is 7.98.